The third kappa shape index (κ3) is 8.37. The van der Waals surface area contributed by atoms with E-state index in [1.54, 1.807) is 0 Å². The van der Waals surface area contributed by atoms with Gasteiger partial charge in [-0.15, -0.1) is 0 Å². The Morgan fingerprint density at radius 2 is 1.54 bits per heavy atom. The van der Waals surface area contributed by atoms with Gasteiger partial charge in [-0.1, -0.05) is 92.4 Å². The van der Waals surface area contributed by atoms with Crippen LogP contribution in [-0.2, 0) is 0 Å². The summed E-state index contributed by atoms with van der Waals surface area (Å²) in [6.45, 7) is 13.8. The first-order valence-corrected chi connectivity index (χ1v) is 13.2. The van der Waals surface area contributed by atoms with Crippen LogP contribution in [-0.4, -0.2) is 12.6 Å². The van der Waals surface area contributed by atoms with Crippen molar-refractivity contribution in [3.8, 4) is 0 Å². The minimum atomic E-state index is 0.558. The van der Waals surface area contributed by atoms with E-state index in [2.05, 4.69) is 39.9 Å². The molecule has 2 fully saturated rings. The van der Waals surface area contributed by atoms with Crippen LogP contribution in [0, 0.1) is 29.1 Å². The Labute approximate surface area is 178 Å². The largest absolute Gasteiger partial charge is 0.314 e. The van der Waals surface area contributed by atoms with Gasteiger partial charge < -0.3 is 5.32 Å². The van der Waals surface area contributed by atoms with Crippen molar-refractivity contribution < 1.29 is 0 Å². The van der Waals surface area contributed by atoms with E-state index < -0.39 is 0 Å². The van der Waals surface area contributed by atoms with Crippen molar-refractivity contribution in [2.75, 3.05) is 6.54 Å². The summed E-state index contributed by atoms with van der Waals surface area (Å²) >= 11 is 0. The number of nitrogens with one attached hydrogen (secondary N) is 1. The first-order chi connectivity index (χ1) is 13.4. The second-order valence-corrected chi connectivity index (χ2v) is 11.5. The Hall–Kier alpha value is -0.0400. The molecular formula is C27H53N. The molecule has 28 heavy (non-hydrogen) atoms. The van der Waals surface area contributed by atoms with Gasteiger partial charge in [0.05, 0.1) is 0 Å². The topological polar surface area (TPSA) is 12.0 Å². The fourth-order valence-corrected chi connectivity index (χ4v) is 6.24. The van der Waals surface area contributed by atoms with Crippen LogP contribution in [0.2, 0.25) is 0 Å². The van der Waals surface area contributed by atoms with Crippen molar-refractivity contribution in [1.82, 2.24) is 5.32 Å². The summed E-state index contributed by atoms with van der Waals surface area (Å²) in [6, 6.07) is 0.770. The summed E-state index contributed by atoms with van der Waals surface area (Å²) < 4.78 is 0. The Morgan fingerprint density at radius 1 is 0.821 bits per heavy atom. The highest BCUT2D eigenvalue weighted by atomic mass is 14.9. The van der Waals surface area contributed by atoms with Gasteiger partial charge in [-0.25, -0.2) is 0 Å². The second kappa shape index (κ2) is 12.6. The predicted molar refractivity (Wildman–Crippen MR) is 126 cm³/mol. The second-order valence-electron chi connectivity index (χ2n) is 11.5. The predicted octanol–water partition coefficient (Wildman–Crippen LogP) is 8.37. The molecule has 1 saturated carbocycles. The first-order valence-electron chi connectivity index (χ1n) is 13.2. The molecule has 1 saturated heterocycles. The van der Waals surface area contributed by atoms with Gasteiger partial charge in [0.2, 0.25) is 0 Å². The van der Waals surface area contributed by atoms with Gasteiger partial charge in [0, 0.05) is 6.04 Å². The van der Waals surface area contributed by atoms with E-state index in [1.807, 2.05) is 0 Å². The summed E-state index contributed by atoms with van der Waals surface area (Å²) in [6.07, 6.45) is 21.6. The van der Waals surface area contributed by atoms with Gasteiger partial charge in [-0.3, -0.25) is 0 Å². The summed E-state index contributed by atoms with van der Waals surface area (Å²) in [7, 11) is 0. The maximum absolute atomic E-state index is 4.10. The molecule has 0 bridgehead atoms. The molecule has 0 aromatic carbocycles. The van der Waals surface area contributed by atoms with Crippen LogP contribution in [0.3, 0.4) is 0 Å². The van der Waals surface area contributed by atoms with E-state index in [-0.39, 0.29) is 0 Å². The molecule has 0 aromatic rings. The third-order valence-corrected chi connectivity index (χ3v) is 8.47. The molecule has 1 heterocycles. The zero-order chi connectivity index (χ0) is 20.4. The van der Waals surface area contributed by atoms with Crippen LogP contribution in [0.1, 0.15) is 131 Å². The molecule has 1 aliphatic heterocycles. The van der Waals surface area contributed by atoms with Gasteiger partial charge in [-0.05, 0) is 74.2 Å². The Kier molecular flexibility index (Phi) is 10.9. The van der Waals surface area contributed by atoms with Gasteiger partial charge in [-0.2, -0.15) is 0 Å². The number of hydrogen-bond donors (Lipinski definition) is 1. The lowest BCUT2D eigenvalue weighted by atomic mass is 9.71. The van der Waals surface area contributed by atoms with E-state index in [0.29, 0.717) is 5.41 Å². The summed E-state index contributed by atoms with van der Waals surface area (Å²) in [5.41, 5.74) is 0.558. The molecule has 2 aliphatic rings. The van der Waals surface area contributed by atoms with Crippen LogP contribution in [0.25, 0.3) is 0 Å². The minimum absolute atomic E-state index is 0.558. The summed E-state index contributed by atoms with van der Waals surface area (Å²) in [5, 5.41) is 4.10. The maximum atomic E-state index is 4.10. The smallest absolute Gasteiger partial charge is 0.00980 e. The Bertz CT molecular complexity index is 401. The van der Waals surface area contributed by atoms with Crippen molar-refractivity contribution >= 4 is 0 Å². The van der Waals surface area contributed by atoms with Gasteiger partial charge in [0.25, 0.3) is 0 Å². The average Bonchev–Trinajstić information content (AvgIpc) is 2.70. The molecule has 1 aliphatic carbocycles. The molecule has 2 rings (SSSR count). The Morgan fingerprint density at radius 3 is 2.32 bits per heavy atom. The van der Waals surface area contributed by atoms with Crippen LogP contribution in [0.15, 0.2) is 0 Å². The first kappa shape index (κ1) is 24.2. The molecule has 0 spiro atoms. The molecule has 1 nitrogen and oxygen atoms in total. The zero-order valence-corrected chi connectivity index (χ0v) is 20.2. The van der Waals surface area contributed by atoms with Crippen LogP contribution >= 0.6 is 0 Å². The molecular weight excluding hydrogens is 338 g/mol. The van der Waals surface area contributed by atoms with Crippen molar-refractivity contribution in [2.45, 2.75) is 137 Å². The van der Waals surface area contributed by atoms with Crippen LogP contribution in [0.5, 0.6) is 0 Å². The molecule has 5 atom stereocenters. The molecule has 5 unspecified atom stereocenters. The Balaban J connectivity index is 2.12. The van der Waals surface area contributed by atoms with Crippen molar-refractivity contribution in [3.63, 3.8) is 0 Å². The molecule has 0 aromatic heterocycles. The zero-order valence-electron chi connectivity index (χ0n) is 20.2. The lowest BCUT2D eigenvalue weighted by Crippen LogP contribution is -2.42. The van der Waals surface area contributed by atoms with E-state index in [1.165, 1.54) is 103 Å². The fraction of sp³-hybridized carbons (Fsp3) is 1.00. The quantitative estimate of drug-likeness (QED) is 0.509. The average molecular weight is 392 g/mol. The highest BCUT2D eigenvalue weighted by Gasteiger charge is 2.32. The van der Waals surface area contributed by atoms with E-state index in [4.69, 9.17) is 0 Å². The van der Waals surface area contributed by atoms with Gasteiger partial charge >= 0.3 is 0 Å². The van der Waals surface area contributed by atoms with E-state index in [0.717, 1.165) is 29.7 Å². The molecule has 166 valence electrons. The van der Waals surface area contributed by atoms with Crippen molar-refractivity contribution in [3.05, 3.63) is 0 Å². The summed E-state index contributed by atoms with van der Waals surface area (Å²) in [5.74, 6) is 3.67. The van der Waals surface area contributed by atoms with E-state index >= 15 is 0 Å². The minimum Gasteiger partial charge on any atom is -0.314 e. The van der Waals surface area contributed by atoms with Gasteiger partial charge in [0.15, 0.2) is 0 Å². The van der Waals surface area contributed by atoms with Gasteiger partial charge in [0.1, 0.15) is 0 Å². The molecule has 0 radical (unpaired) electrons. The van der Waals surface area contributed by atoms with E-state index in [9.17, 15) is 0 Å². The lowest BCUT2D eigenvalue weighted by molar-refractivity contribution is 0.141. The van der Waals surface area contributed by atoms with Crippen LogP contribution in [0.4, 0.5) is 0 Å². The number of rotatable bonds is 3. The normalized spacial score (nSPS) is 35.5. The highest BCUT2D eigenvalue weighted by molar-refractivity contribution is 4.86. The maximum Gasteiger partial charge on any atom is 0.00980 e. The monoisotopic (exact) mass is 391 g/mol. The highest BCUT2D eigenvalue weighted by Crippen LogP contribution is 2.38. The van der Waals surface area contributed by atoms with Crippen molar-refractivity contribution in [2.24, 2.45) is 29.1 Å². The van der Waals surface area contributed by atoms with Crippen molar-refractivity contribution in [1.29, 1.82) is 0 Å². The molecule has 1 heteroatoms. The van der Waals surface area contributed by atoms with Crippen LogP contribution < -0.4 is 5.32 Å². The fourth-order valence-electron chi connectivity index (χ4n) is 6.24. The third-order valence-electron chi connectivity index (χ3n) is 8.47. The molecule has 1 N–H and O–H groups in total. The number of hydrogen-bond acceptors (Lipinski definition) is 1. The summed E-state index contributed by atoms with van der Waals surface area (Å²) in [4.78, 5) is 0. The standard InChI is InChI=1S/C27H53N/c1-6-23(3)24-17-12-15-22(2)14-8-7-9-16-25(24)26-18-13-20-27(4,5)19-10-11-21-28-26/h22-26,28H,6-21H2,1-5H3. The molecule has 0 amide bonds. The lowest BCUT2D eigenvalue weighted by Gasteiger charge is -2.39. The SMILES string of the molecule is CCC(C)C1CCCC(C)CCCCCC1C1CCCC(C)(C)CCCCN1.